The third-order valence-electron chi connectivity index (χ3n) is 8.87. The van der Waals surface area contributed by atoms with Gasteiger partial charge in [-0.05, 0) is 77.0 Å². The Kier molecular flexibility index (Phi) is 42.8. The number of ether oxygens (including phenoxy) is 3. The highest BCUT2D eigenvalue weighted by Gasteiger charge is 2.19. The van der Waals surface area contributed by atoms with Crippen molar-refractivity contribution in [3.63, 3.8) is 0 Å². The lowest BCUT2D eigenvalue weighted by Gasteiger charge is -2.18. The number of allylic oxidation sites excluding steroid dienone is 22. The summed E-state index contributed by atoms with van der Waals surface area (Å²) < 4.78 is 16.6. The highest BCUT2D eigenvalue weighted by molar-refractivity contribution is 5.71. The van der Waals surface area contributed by atoms with Gasteiger partial charge in [0.25, 0.3) is 0 Å². The van der Waals surface area contributed by atoms with Gasteiger partial charge in [0.1, 0.15) is 13.2 Å². The van der Waals surface area contributed by atoms with Crippen LogP contribution in [0, 0.1) is 0 Å². The molecule has 6 heteroatoms. The number of carbonyl (C=O) groups excluding carboxylic acids is 3. The SMILES string of the molecule is CC\C=C/C=C\C=C/C=C\C=C/CCCC(=O)OC(COC(=O)CCCCC\C=C/C=C\C=C/C=C\CC)COC(=O)CCCCCCCC/C=C\C=C/CCCCC. The van der Waals surface area contributed by atoms with Crippen molar-refractivity contribution in [3.05, 3.63) is 134 Å². The van der Waals surface area contributed by atoms with Gasteiger partial charge in [-0.15, -0.1) is 0 Å². The van der Waals surface area contributed by atoms with Crippen LogP contribution in [0.1, 0.15) is 162 Å². The minimum Gasteiger partial charge on any atom is -0.462 e. The van der Waals surface area contributed by atoms with Crippen LogP contribution in [0.3, 0.4) is 0 Å². The Labute approximate surface area is 360 Å². The molecule has 0 saturated heterocycles. The van der Waals surface area contributed by atoms with Crippen LogP contribution in [-0.4, -0.2) is 37.2 Å². The zero-order valence-electron chi connectivity index (χ0n) is 37.2. The molecule has 0 amide bonds. The molecular weight excluding hydrogens is 733 g/mol. The maximum Gasteiger partial charge on any atom is 0.306 e. The predicted molar refractivity (Wildman–Crippen MR) is 251 cm³/mol. The third kappa shape index (κ3) is 44.5. The molecule has 0 aliphatic carbocycles. The summed E-state index contributed by atoms with van der Waals surface area (Å²) in [5.41, 5.74) is 0. The number of carbonyl (C=O) groups is 3. The van der Waals surface area contributed by atoms with Crippen molar-refractivity contribution in [3.8, 4) is 0 Å². The van der Waals surface area contributed by atoms with Crippen LogP contribution in [0.4, 0.5) is 0 Å². The van der Waals surface area contributed by atoms with E-state index in [1.165, 1.54) is 32.1 Å². The molecule has 0 spiro atoms. The molecule has 0 aromatic heterocycles. The van der Waals surface area contributed by atoms with Gasteiger partial charge in [0.15, 0.2) is 6.10 Å². The van der Waals surface area contributed by atoms with Crippen molar-refractivity contribution >= 4 is 17.9 Å². The second kappa shape index (κ2) is 46.2. The van der Waals surface area contributed by atoms with Gasteiger partial charge < -0.3 is 14.2 Å². The predicted octanol–water partition coefficient (Wildman–Crippen LogP) is 14.7. The summed E-state index contributed by atoms with van der Waals surface area (Å²) in [6.07, 6.45) is 64.4. The molecule has 0 aliphatic rings. The Morgan fingerprint density at radius 2 is 0.678 bits per heavy atom. The molecule has 6 nitrogen and oxygen atoms in total. The molecule has 0 fully saturated rings. The Balaban J connectivity index is 4.61. The van der Waals surface area contributed by atoms with E-state index < -0.39 is 12.1 Å². The maximum absolute atomic E-state index is 12.7. The van der Waals surface area contributed by atoms with E-state index >= 15 is 0 Å². The van der Waals surface area contributed by atoms with E-state index in [4.69, 9.17) is 14.2 Å². The first-order valence-electron chi connectivity index (χ1n) is 22.8. The summed E-state index contributed by atoms with van der Waals surface area (Å²) in [5, 5.41) is 0. The summed E-state index contributed by atoms with van der Waals surface area (Å²) in [7, 11) is 0. The Morgan fingerprint density at radius 3 is 1.12 bits per heavy atom. The highest BCUT2D eigenvalue weighted by Crippen LogP contribution is 2.11. The zero-order chi connectivity index (χ0) is 43.0. The molecule has 0 radical (unpaired) electrons. The molecule has 1 atom stereocenters. The van der Waals surface area contributed by atoms with E-state index in [9.17, 15) is 14.4 Å². The average Bonchev–Trinajstić information content (AvgIpc) is 3.23. The van der Waals surface area contributed by atoms with Crippen LogP contribution < -0.4 is 0 Å². The first-order valence-corrected chi connectivity index (χ1v) is 22.8. The molecule has 0 aromatic rings. The van der Waals surface area contributed by atoms with Crippen LogP contribution in [0.2, 0.25) is 0 Å². The van der Waals surface area contributed by atoms with Gasteiger partial charge in [-0.2, -0.15) is 0 Å². The molecule has 0 aromatic carbocycles. The van der Waals surface area contributed by atoms with Crippen LogP contribution >= 0.6 is 0 Å². The second-order valence-corrected chi connectivity index (χ2v) is 14.4. The van der Waals surface area contributed by atoms with Gasteiger partial charge in [0, 0.05) is 19.3 Å². The molecule has 1 unspecified atom stereocenters. The van der Waals surface area contributed by atoms with Crippen LogP contribution in [-0.2, 0) is 28.6 Å². The fourth-order valence-corrected chi connectivity index (χ4v) is 5.47. The number of hydrogen-bond donors (Lipinski definition) is 0. The lowest BCUT2D eigenvalue weighted by atomic mass is 10.1. The van der Waals surface area contributed by atoms with Gasteiger partial charge in [-0.1, -0.05) is 199 Å². The molecule has 0 bridgehead atoms. The number of hydrogen-bond acceptors (Lipinski definition) is 6. The second-order valence-electron chi connectivity index (χ2n) is 14.4. The average molecular weight is 813 g/mol. The Hall–Kier alpha value is -4.45. The van der Waals surface area contributed by atoms with Gasteiger partial charge in [0.2, 0.25) is 0 Å². The fraction of sp³-hybridized carbons (Fsp3) is 0.528. The lowest BCUT2D eigenvalue weighted by molar-refractivity contribution is -0.167. The van der Waals surface area contributed by atoms with E-state index in [2.05, 4.69) is 63.3 Å². The number of unbranched alkanes of at least 4 members (excludes halogenated alkanes) is 13. The smallest absolute Gasteiger partial charge is 0.306 e. The summed E-state index contributed by atoms with van der Waals surface area (Å²) in [6, 6.07) is 0. The van der Waals surface area contributed by atoms with Crippen molar-refractivity contribution in [1.29, 1.82) is 0 Å². The third-order valence-corrected chi connectivity index (χ3v) is 8.87. The van der Waals surface area contributed by atoms with Gasteiger partial charge in [-0.3, -0.25) is 14.4 Å². The molecule has 0 saturated carbocycles. The summed E-state index contributed by atoms with van der Waals surface area (Å²) in [4.78, 5) is 37.8. The normalized spacial score (nSPS) is 13.3. The Bertz CT molecular complexity index is 1350. The summed E-state index contributed by atoms with van der Waals surface area (Å²) in [6.45, 7) is 6.17. The molecular formula is C53H80O6. The zero-order valence-corrected chi connectivity index (χ0v) is 37.2. The van der Waals surface area contributed by atoms with Crippen LogP contribution in [0.25, 0.3) is 0 Å². The molecule has 328 valence electrons. The van der Waals surface area contributed by atoms with Gasteiger partial charge in [0.05, 0.1) is 0 Å². The minimum atomic E-state index is -0.839. The first-order chi connectivity index (χ1) is 29.0. The Morgan fingerprint density at radius 1 is 0.356 bits per heavy atom. The standard InChI is InChI=1S/C53H80O6/c1-4-7-10-13-16-19-22-25-26-29-31-34-37-40-43-46-52(55)58-49-50(59-53(56)47-44-41-38-35-32-28-24-21-18-15-12-9-6-3)48-57-51(54)45-42-39-36-33-30-27-23-20-17-14-11-8-5-2/h8-9,11-12,14-25,27-28,30,32,35,38,50H,4-7,10,13,26,29,31,33-34,36-37,39-49H2,1-3H3/b11-8-,12-9-,17-14-,18-15-,19-16-,23-20-,24-21-,25-22-,30-27-,32-28-,38-35-. The van der Waals surface area contributed by atoms with Crippen LogP contribution in [0.15, 0.2) is 134 Å². The van der Waals surface area contributed by atoms with Crippen LogP contribution in [0.5, 0.6) is 0 Å². The van der Waals surface area contributed by atoms with E-state index in [0.717, 1.165) is 77.0 Å². The molecule has 0 rings (SSSR count). The van der Waals surface area contributed by atoms with Crippen molar-refractivity contribution in [1.82, 2.24) is 0 Å². The van der Waals surface area contributed by atoms with Gasteiger partial charge in [-0.25, -0.2) is 0 Å². The van der Waals surface area contributed by atoms with E-state index in [1.807, 2.05) is 91.1 Å². The molecule has 59 heavy (non-hydrogen) atoms. The van der Waals surface area contributed by atoms with Crippen molar-refractivity contribution < 1.29 is 28.6 Å². The quantitative estimate of drug-likeness (QED) is 0.0267. The first kappa shape index (κ1) is 54.6. The summed E-state index contributed by atoms with van der Waals surface area (Å²) >= 11 is 0. The minimum absolute atomic E-state index is 0.131. The van der Waals surface area contributed by atoms with E-state index in [1.54, 1.807) is 0 Å². The van der Waals surface area contributed by atoms with Gasteiger partial charge >= 0.3 is 17.9 Å². The molecule has 0 aliphatic heterocycles. The van der Waals surface area contributed by atoms with E-state index in [-0.39, 0.29) is 38.0 Å². The summed E-state index contributed by atoms with van der Waals surface area (Å²) in [5.74, 6) is -1.07. The number of rotatable bonds is 38. The topological polar surface area (TPSA) is 78.9 Å². The van der Waals surface area contributed by atoms with Crippen molar-refractivity contribution in [2.75, 3.05) is 13.2 Å². The monoisotopic (exact) mass is 813 g/mol. The molecule has 0 N–H and O–H groups in total. The largest absolute Gasteiger partial charge is 0.462 e. The molecule has 0 heterocycles. The van der Waals surface area contributed by atoms with Crippen molar-refractivity contribution in [2.45, 2.75) is 168 Å². The van der Waals surface area contributed by atoms with Crippen molar-refractivity contribution in [2.24, 2.45) is 0 Å². The lowest BCUT2D eigenvalue weighted by Crippen LogP contribution is -2.30. The fourth-order valence-electron chi connectivity index (χ4n) is 5.47. The highest BCUT2D eigenvalue weighted by atomic mass is 16.6. The maximum atomic E-state index is 12.7. The number of esters is 3. The van der Waals surface area contributed by atoms with E-state index in [0.29, 0.717) is 19.3 Å².